The summed E-state index contributed by atoms with van der Waals surface area (Å²) in [7, 11) is 0. The summed E-state index contributed by atoms with van der Waals surface area (Å²) in [6, 6.07) is 0. The topological polar surface area (TPSA) is 38.7 Å². The summed E-state index contributed by atoms with van der Waals surface area (Å²) in [5.74, 6) is 0. The Morgan fingerprint density at radius 2 is 2.46 bits per heavy atom. The third-order valence-electron chi connectivity index (χ3n) is 2.26. The van der Waals surface area contributed by atoms with Crippen LogP contribution in [0, 0.1) is 0 Å². The zero-order valence-electron chi connectivity index (χ0n) is 8.37. The van der Waals surface area contributed by atoms with E-state index in [2.05, 4.69) is 6.92 Å². The molecular formula is C10H20O3. The van der Waals surface area contributed by atoms with Crippen LogP contribution in [0.25, 0.3) is 0 Å². The van der Waals surface area contributed by atoms with Crippen molar-refractivity contribution in [1.29, 1.82) is 0 Å². The molecule has 1 aliphatic heterocycles. The fraction of sp³-hybridized carbons (Fsp3) is 1.00. The van der Waals surface area contributed by atoms with E-state index in [9.17, 15) is 5.11 Å². The summed E-state index contributed by atoms with van der Waals surface area (Å²) in [6.45, 7) is 4.02. The Balaban J connectivity index is 1.93. The van der Waals surface area contributed by atoms with E-state index in [0.717, 1.165) is 32.3 Å². The minimum atomic E-state index is -0.300. The standard InChI is InChI=1S/C10H20O3/c1-2-4-9(11)7-12-8-10-5-3-6-13-10/h9-11H,2-8H2,1H3. The van der Waals surface area contributed by atoms with E-state index >= 15 is 0 Å². The lowest BCUT2D eigenvalue weighted by atomic mass is 10.2. The van der Waals surface area contributed by atoms with Gasteiger partial charge in [-0.15, -0.1) is 0 Å². The van der Waals surface area contributed by atoms with Crippen LogP contribution in [-0.4, -0.2) is 37.1 Å². The molecule has 3 heteroatoms. The Bertz CT molecular complexity index is 121. The Labute approximate surface area is 80.0 Å². The molecule has 2 atom stereocenters. The first-order chi connectivity index (χ1) is 6.33. The smallest absolute Gasteiger partial charge is 0.0809 e. The van der Waals surface area contributed by atoms with Crippen molar-refractivity contribution < 1.29 is 14.6 Å². The Morgan fingerprint density at radius 3 is 3.08 bits per heavy atom. The molecule has 0 aromatic carbocycles. The van der Waals surface area contributed by atoms with Gasteiger partial charge in [0.15, 0.2) is 0 Å². The van der Waals surface area contributed by atoms with E-state index in [4.69, 9.17) is 9.47 Å². The van der Waals surface area contributed by atoms with Crippen LogP contribution in [0.2, 0.25) is 0 Å². The van der Waals surface area contributed by atoms with Crippen LogP contribution < -0.4 is 0 Å². The molecule has 0 radical (unpaired) electrons. The first-order valence-electron chi connectivity index (χ1n) is 5.20. The van der Waals surface area contributed by atoms with Crippen molar-refractivity contribution in [2.24, 2.45) is 0 Å². The van der Waals surface area contributed by atoms with Gasteiger partial charge >= 0.3 is 0 Å². The molecule has 1 saturated heterocycles. The molecule has 1 fully saturated rings. The molecule has 0 bridgehead atoms. The lowest BCUT2D eigenvalue weighted by molar-refractivity contribution is -0.0188. The average molecular weight is 188 g/mol. The van der Waals surface area contributed by atoms with Crippen LogP contribution >= 0.6 is 0 Å². The van der Waals surface area contributed by atoms with Crippen molar-refractivity contribution in [1.82, 2.24) is 0 Å². The zero-order valence-corrected chi connectivity index (χ0v) is 8.37. The number of hydrogen-bond acceptors (Lipinski definition) is 3. The molecule has 0 spiro atoms. The predicted molar refractivity (Wildman–Crippen MR) is 50.7 cm³/mol. The van der Waals surface area contributed by atoms with Crippen molar-refractivity contribution >= 4 is 0 Å². The molecule has 0 aliphatic carbocycles. The zero-order chi connectivity index (χ0) is 9.52. The molecule has 1 rings (SSSR count). The predicted octanol–water partition coefficient (Wildman–Crippen LogP) is 1.34. The number of aliphatic hydroxyl groups excluding tert-OH is 1. The fourth-order valence-electron chi connectivity index (χ4n) is 1.53. The van der Waals surface area contributed by atoms with Crippen molar-refractivity contribution in [3.8, 4) is 0 Å². The van der Waals surface area contributed by atoms with Crippen molar-refractivity contribution in [3.05, 3.63) is 0 Å². The lowest BCUT2D eigenvalue weighted by Gasteiger charge is -2.13. The molecule has 0 saturated carbocycles. The number of rotatable bonds is 6. The van der Waals surface area contributed by atoms with Crippen LogP contribution in [0.4, 0.5) is 0 Å². The van der Waals surface area contributed by atoms with Gasteiger partial charge in [0.25, 0.3) is 0 Å². The summed E-state index contributed by atoms with van der Waals surface area (Å²) in [4.78, 5) is 0. The largest absolute Gasteiger partial charge is 0.391 e. The van der Waals surface area contributed by atoms with E-state index in [-0.39, 0.29) is 12.2 Å². The molecule has 13 heavy (non-hydrogen) atoms. The van der Waals surface area contributed by atoms with E-state index in [1.807, 2.05) is 0 Å². The van der Waals surface area contributed by atoms with Gasteiger partial charge < -0.3 is 14.6 Å². The second-order valence-electron chi connectivity index (χ2n) is 3.61. The highest BCUT2D eigenvalue weighted by atomic mass is 16.5. The fourth-order valence-corrected chi connectivity index (χ4v) is 1.53. The monoisotopic (exact) mass is 188 g/mol. The molecular weight excluding hydrogens is 168 g/mol. The summed E-state index contributed by atoms with van der Waals surface area (Å²) >= 11 is 0. The van der Waals surface area contributed by atoms with Gasteiger partial charge in [0.05, 0.1) is 25.4 Å². The highest BCUT2D eigenvalue weighted by molar-refractivity contribution is 4.64. The summed E-state index contributed by atoms with van der Waals surface area (Å²) in [5.41, 5.74) is 0. The van der Waals surface area contributed by atoms with Crippen molar-refractivity contribution in [2.45, 2.75) is 44.8 Å². The number of hydrogen-bond donors (Lipinski definition) is 1. The van der Waals surface area contributed by atoms with Gasteiger partial charge in [-0.25, -0.2) is 0 Å². The molecule has 0 aromatic heterocycles. The molecule has 3 nitrogen and oxygen atoms in total. The van der Waals surface area contributed by atoms with Gasteiger partial charge in [0.1, 0.15) is 0 Å². The van der Waals surface area contributed by atoms with Crippen LogP contribution in [0.15, 0.2) is 0 Å². The minimum absolute atomic E-state index is 0.272. The first kappa shape index (κ1) is 11.0. The number of aliphatic hydroxyl groups is 1. The summed E-state index contributed by atoms with van der Waals surface area (Å²) in [5, 5.41) is 9.36. The molecule has 2 unspecified atom stereocenters. The Morgan fingerprint density at radius 1 is 1.62 bits per heavy atom. The van der Waals surface area contributed by atoms with Gasteiger partial charge in [-0.2, -0.15) is 0 Å². The quantitative estimate of drug-likeness (QED) is 0.683. The first-order valence-corrected chi connectivity index (χ1v) is 5.20. The lowest BCUT2D eigenvalue weighted by Crippen LogP contribution is -2.20. The third kappa shape index (κ3) is 4.60. The maximum absolute atomic E-state index is 9.36. The molecule has 1 heterocycles. The SMILES string of the molecule is CCCC(O)COCC1CCCO1. The Hall–Kier alpha value is -0.120. The summed E-state index contributed by atoms with van der Waals surface area (Å²) < 4.78 is 10.7. The van der Waals surface area contributed by atoms with Crippen LogP contribution in [0.5, 0.6) is 0 Å². The van der Waals surface area contributed by atoms with Crippen molar-refractivity contribution in [3.63, 3.8) is 0 Å². The molecule has 0 amide bonds. The van der Waals surface area contributed by atoms with Crippen molar-refractivity contribution in [2.75, 3.05) is 19.8 Å². The molecule has 78 valence electrons. The highest BCUT2D eigenvalue weighted by Gasteiger charge is 2.15. The van der Waals surface area contributed by atoms with Gasteiger partial charge in [-0.3, -0.25) is 0 Å². The van der Waals surface area contributed by atoms with Crippen LogP contribution in [-0.2, 0) is 9.47 Å². The van der Waals surface area contributed by atoms with E-state index in [1.54, 1.807) is 0 Å². The van der Waals surface area contributed by atoms with E-state index in [1.165, 1.54) is 0 Å². The van der Waals surface area contributed by atoms with Crippen LogP contribution in [0.1, 0.15) is 32.6 Å². The maximum atomic E-state index is 9.36. The third-order valence-corrected chi connectivity index (χ3v) is 2.26. The normalized spacial score (nSPS) is 24.9. The van der Waals surface area contributed by atoms with Gasteiger partial charge in [0, 0.05) is 6.61 Å². The maximum Gasteiger partial charge on any atom is 0.0809 e. The van der Waals surface area contributed by atoms with Gasteiger partial charge in [-0.05, 0) is 19.3 Å². The average Bonchev–Trinajstić information content (AvgIpc) is 2.57. The van der Waals surface area contributed by atoms with Gasteiger partial charge in [0.2, 0.25) is 0 Å². The van der Waals surface area contributed by atoms with Crippen LogP contribution in [0.3, 0.4) is 0 Å². The highest BCUT2D eigenvalue weighted by Crippen LogP contribution is 2.12. The van der Waals surface area contributed by atoms with Gasteiger partial charge in [-0.1, -0.05) is 13.3 Å². The Kier molecular flexibility index (Phi) is 5.35. The second-order valence-corrected chi connectivity index (χ2v) is 3.61. The second kappa shape index (κ2) is 6.35. The molecule has 1 aliphatic rings. The molecule has 1 N–H and O–H groups in total. The molecule has 0 aromatic rings. The van der Waals surface area contributed by atoms with E-state index in [0.29, 0.717) is 13.2 Å². The minimum Gasteiger partial charge on any atom is -0.391 e. The number of ether oxygens (including phenoxy) is 2. The summed E-state index contributed by atoms with van der Waals surface area (Å²) in [6.07, 6.45) is 4.05. The van der Waals surface area contributed by atoms with E-state index < -0.39 is 0 Å².